The summed E-state index contributed by atoms with van der Waals surface area (Å²) in [4.78, 5) is 17.2. The molecule has 2 aromatic rings. The van der Waals surface area contributed by atoms with Gasteiger partial charge >= 0.3 is 0 Å². The Kier molecular flexibility index (Phi) is 7.02. The molecule has 27 heavy (non-hydrogen) atoms. The third-order valence-corrected chi connectivity index (χ3v) is 5.58. The van der Waals surface area contributed by atoms with Crippen molar-refractivity contribution in [3.8, 4) is 0 Å². The first-order valence-corrected chi connectivity index (χ1v) is 10.1. The highest BCUT2D eigenvalue weighted by molar-refractivity contribution is 5.93. The molecule has 1 saturated heterocycles. The van der Waals surface area contributed by atoms with Crippen molar-refractivity contribution >= 4 is 11.6 Å². The van der Waals surface area contributed by atoms with Crippen molar-refractivity contribution in [1.82, 2.24) is 4.90 Å². The van der Waals surface area contributed by atoms with Crippen LogP contribution in [0.1, 0.15) is 25.3 Å². The number of piperidine rings is 1. The van der Waals surface area contributed by atoms with Gasteiger partial charge in [-0.3, -0.25) is 4.79 Å². The van der Waals surface area contributed by atoms with Gasteiger partial charge in [0, 0.05) is 43.7 Å². The molecule has 0 spiro atoms. The van der Waals surface area contributed by atoms with Gasteiger partial charge < -0.3 is 15.5 Å². The smallest absolute Gasteiger partial charge is 0.226 e. The van der Waals surface area contributed by atoms with Gasteiger partial charge in [0.2, 0.25) is 5.91 Å². The average Bonchev–Trinajstić information content (AvgIpc) is 2.74. The van der Waals surface area contributed by atoms with Gasteiger partial charge in [0.15, 0.2) is 0 Å². The number of hydrogen-bond acceptors (Lipinski definition) is 3. The van der Waals surface area contributed by atoms with Gasteiger partial charge in [-0.2, -0.15) is 0 Å². The van der Waals surface area contributed by atoms with Crippen molar-refractivity contribution in [3.05, 3.63) is 66.2 Å². The summed E-state index contributed by atoms with van der Waals surface area (Å²) in [5.41, 5.74) is 8.52. The Balaban J connectivity index is 1.68. The van der Waals surface area contributed by atoms with E-state index in [0.29, 0.717) is 18.9 Å². The van der Waals surface area contributed by atoms with E-state index in [0.717, 1.165) is 38.2 Å². The van der Waals surface area contributed by atoms with E-state index in [-0.39, 0.29) is 11.9 Å². The number of carbonyl (C=O) groups is 1. The first kappa shape index (κ1) is 19.6. The minimum absolute atomic E-state index is 0.179. The van der Waals surface area contributed by atoms with Crippen LogP contribution >= 0.6 is 0 Å². The van der Waals surface area contributed by atoms with E-state index in [4.69, 9.17) is 5.73 Å². The van der Waals surface area contributed by atoms with Gasteiger partial charge in [0.1, 0.15) is 0 Å². The first-order valence-electron chi connectivity index (χ1n) is 10.1. The summed E-state index contributed by atoms with van der Waals surface area (Å²) in [6.45, 7) is 5.54. The average molecular weight is 366 g/mol. The van der Waals surface area contributed by atoms with E-state index < -0.39 is 0 Å². The molecule has 0 aliphatic carbocycles. The number of nitrogens with zero attached hydrogens (tertiary/aromatic N) is 2. The summed E-state index contributed by atoms with van der Waals surface area (Å²) in [5, 5.41) is 0. The minimum atomic E-state index is 0.179. The van der Waals surface area contributed by atoms with E-state index in [9.17, 15) is 4.79 Å². The topological polar surface area (TPSA) is 49.6 Å². The Hall–Kier alpha value is -2.17. The molecule has 0 radical (unpaired) electrons. The lowest BCUT2D eigenvalue weighted by Crippen LogP contribution is -2.55. The number of likely N-dealkylation sites (tertiary alicyclic amines) is 1. The fourth-order valence-electron chi connectivity index (χ4n) is 4.08. The van der Waals surface area contributed by atoms with Crippen molar-refractivity contribution in [2.24, 2.45) is 11.7 Å². The number of nitrogens with two attached hydrogens (primary N) is 1. The lowest BCUT2D eigenvalue weighted by Gasteiger charge is -2.43. The molecule has 0 bridgehead atoms. The molecule has 2 N–H and O–H groups in total. The predicted octanol–water partition coefficient (Wildman–Crippen LogP) is 3.32. The van der Waals surface area contributed by atoms with E-state index in [2.05, 4.69) is 35.2 Å². The zero-order valence-electron chi connectivity index (χ0n) is 16.3. The molecule has 3 rings (SSSR count). The fourth-order valence-corrected chi connectivity index (χ4v) is 4.08. The van der Waals surface area contributed by atoms with E-state index in [1.165, 1.54) is 5.56 Å². The van der Waals surface area contributed by atoms with E-state index in [1.807, 2.05) is 42.2 Å². The molecule has 1 amide bonds. The highest BCUT2D eigenvalue weighted by atomic mass is 16.2. The van der Waals surface area contributed by atoms with Crippen LogP contribution in [0.15, 0.2) is 60.7 Å². The molecule has 1 aliphatic heterocycles. The van der Waals surface area contributed by atoms with Gasteiger partial charge in [0.05, 0.1) is 0 Å². The molecule has 4 nitrogen and oxygen atoms in total. The Bertz CT molecular complexity index is 704. The molecule has 2 aromatic carbocycles. The van der Waals surface area contributed by atoms with Crippen molar-refractivity contribution < 1.29 is 4.79 Å². The van der Waals surface area contributed by atoms with Crippen LogP contribution in [-0.4, -0.2) is 43.0 Å². The second-order valence-corrected chi connectivity index (χ2v) is 7.34. The van der Waals surface area contributed by atoms with Crippen molar-refractivity contribution in [1.29, 1.82) is 0 Å². The SMILES string of the molecule is CCC(=O)N(c1ccccc1)[C@@H]1CCN(CCc2ccccc2)C[C@H]1CN. The lowest BCUT2D eigenvalue weighted by atomic mass is 9.89. The molecule has 0 saturated carbocycles. The van der Waals surface area contributed by atoms with Crippen LogP contribution in [0, 0.1) is 5.92 Å². The molecule has 1 fully saturated rings. The Morgan fingerprint density at radius 3 is 2.41 bits per heavy atom. The van der Waals surface area contributed by atoms with Gasteiger partial charge in [-0.05, 0) is 37.1 Å². The van der Waals surface area contributed by atoms with Crippen LogP contribution in [0.5, 0.6) is 0 Å². The van der Waals surface area contributed by atoms with Crippen LogP contribution in [0.3, 0.4) is 0 Å². The molecule has 4 heteroatoms. The highest BCUT2D eigenvalue weighted by Gasteiger charge is 2.35. The quantitative estimate of drug-likeness (QED) is 0.819. The highest BCUT2D eigenvalue weighted by Crippen LogP contribution is 2.28. The number of para-hydroxylation sites is 1. The third kappa shape index (κ3) is 4.96. The summed E-state index contributed by atoms with van der Waals surface area (Å²) in [5.74, 6) is 0.479. The van der Waals surface area contributed by atoms with Crippen LogP contribution in [0.2, 0.25) is 0 Å². The maximum absolute atomic E-state index is 12.7. The summed E-state index contributed by atoms with van der Waals surface area (Å²) >= 11 is 0. The molecule has 1 aliphatic rings. The van der Waals surface area contributed by atoms with E-state index >= 15 is 0 Å². The summed E-state index contributed by atoms with van der Waals surface area (Å²) < 4.78 is 0. The van der Waals surface area contributed by atoms with Gasteiger partial charge in [-0.15, -0.1) is 0 Å². The van der Waals surface area contributed by atoms with Crippen molar-refractivity contribution in [3.63, 3.8) is 0 Å². The Morgan fingerprint density at radius 1 is 1.11 bits per heavy atom. The monoisotopic (exact) mass is 365 g/mol. The van der Waals surface area contributed by atoms with Crippen LogP contribution < -0.4 is 10.6 Å². The normalized spacial score (nSPS) is 20.4. The van der Waals surface area contributed by atoms with Gasteiger partial charge in [-0.1, -0.05) is 55.5 Å². The summed E-state index contributed by atoms with van der Waals surface area (Å²) in [6.07, 6.45) is 2.54. The number of hydrogen-bond donors (Lipinski definition) is 1. The standard InChI is InChI=1S/C23H31N3O/c1-2-23(27)26(21-11-7-4-8-12-21)22-14-16-25(18-20(22)17-24)15-13-19-9-5-3-6-10-19/h3-12,20,22H,2,13-18,24H2,1H3/t20-,22-/m1/s1. The number of anilines is 1. The molecular weight excluding hydrogens is 334 g/mol. The molecule has 144 valence electrons. The summed E-state index contributed by atoms with van der Waals surface area (Å²) in [6, 6.07) is 20.8. The lowest BCUT2D eigenvalue weighted by molar-refractivity contribution is -0.119. The minimum Gasteiger partial charge on any atom is -0.330 e. The van der Waals surface area contributed by atoms with Crippen LogP contribution in [-0.2, 0) is 11.2 Å². The Labute approximate surface area is 163 Å². The maximum Gasteiger partial charge on any atom is 0.226 e. The molecule has 1 heterocycles. The zero-order chi connectivity index (χ0) is 19.1. The fraction of sp³-hybridized carbons (Fsp3) is 0.435. The maximum atomic E-state index is 12.7. The first-order chi connectivity index (χ1) is 13.2. The summed E-state index contributed by atoms with van der Waals surface area (Å²) in [7, 11) is 0. The number of carbonyl (C=O) groups excluding carboxylic acids is 1. The largest absolute Gasteiger partial charge is 0.330 e. The second kappa shape index (κ2) is 9.67. The predicted molar refractivity (Wildman–Crippen MR) is 112 cm³/mol. The van der Waals surface area contributed by atoms with E-state index in [1.54, 1.807) is 0 Å². The van der Waals surface area contributed by atoms with Crippen molar-refractivity contribution in [2.75, 3.05) is 31.1 Å². The third-order valence-electron chi connectivity index (χ3n) is 5.58. The molecule has 2 atom stereocenters. The zero-order valence-corrected chi connectivity index (χ0v) is 16.3. The van der Waals surface area contributed by atoms with Crippen LogP contribution in [0.4, 0.5) is 5.69 Å². The molecule has 0 unspecified atom stereocenters. The molecule has 0 aromatic heterocycles. The van der Waals surface area contributed by atoms with Gasteiger partial charge in [0.25, 0.3) is 0 Å². The van der Waals surface area contributed by atoms with Crippen molar-refractivity contribution in [2.45, 2.75) is 32.2 Å². The molecular formula is C23H31N3O. The van der Waals surface area contributed by atoms with Gasteiger partial charge in [-0.25, -0.2) is 0 Å². The number of rotatable bonds is 7. The number of benzene rings is 2. The Morgan fingerprint density at radius 2 is 1.78 bits per heavy atom. The van der Waals surface area contributed by atoms with Crippen LogP contribution in [0.25, 0.3) is 0 Å². The second-order valence-electron chi connectivity index (χ2n) is 7.34. The number of amides is 1.